The third-order valence-corrected chi connectivity index (χ3v) is 4.54. The molecule has 0 radical (unpaired) electrons. The van der Waals surface area contributed by atoms with E-state index >= 15 is 0 Å². The molecule has 0 atom stereocenters. The van der Waals surface area contributed by atoms with Crippen molar-refractivity contribution in [1.29, 1.82) is 0 Å². The Kier molecular flexibility index (Phi) is 5.85. The van der Waals surface area contributed by atoms with Gasteiger partial charge in [-0.3, -0.25) is 10.1 Å². The molecule has 1 amide bonds. The van der Waals surface area contributed by atoms with E-state index in [1.54, 1.807) is 11.8 Å². The minimum absolute atomic E-state index is 0.0492. The summed E-state index contributed by atoms with van der Waals surface area (Å²) in [5, 5.41) is 10.5. The van der Waals surface area contributed by atoms with E-state index < -0.39 is 17.5 Å². The molecule has 3 aromatic rings. The normalized spacial score (nSPS) is 11.0. The summed E-state index contributed by atoms with van der Waals surface area (Å²) in [6.07, 6.45) is 0.417. The number of thioether (sulfide) groups is 1. The molecule has 2 aromatic carbocycles. The zero-order valence-corrected chi connectivity index (χ0v) is 15.5. The Bertz CT molecular complexity index is 942. The van der Waals surface area contributed by atoms with Crippen LogP contribution in [-0.4, -0.2) is 21.4 Å². The Hall–Kier alpha value is -2.74. The number of amides is 1. The second-order valence-electron chi connectivity index (χ2n) is 6.07. The lowest BCUT2D eigenvalue weighted by Gasteiger charge is -2.05. The monoisotopic (exact) mass is 389 g/mol. The van der Waals surface area contributed by atoms with E-state index in [4.69, 9.17) is 4.42 Å². The number of rotatable bonds is 6. The van der Waals surface area contributed by atoms with Crippen LogP contribution in [0.1, 0.15) is 35.7 Å². The van der Waals surface area contributed by atoms with Crippen molar-refractivity contribution >= 4 is 23.7 Å². The van der Waals surface area contributed by atoms with Crippen molar-refractivity contribution in [3.05, 3.63) is 71.1 Å². The van der Waals surface area contributed by atoms with Crippen LogP contribution in [0.3, 0.4) is 0 Å². The van der Waals surface area contributed by atoms with E-state index in [0.717, 1.165) is 17.7 Å². The van der Waals surface area contributed by atoms with E-state index in [1.165, 1.54) is 11.0 Å². The number of nitrogens with one attached hydrogen (secondary N) is 1. The second-order valence-corrected chi connectivity index (χ2v) is 7.72. The van der Waals surface area contributed by atoms with Gasteiger partial charge in [0.1, 0.15) is 0 Å². The van der Waals surface area contributed by atoms with Crippen LogP contribution in [-0.2, 0) is 6.42 Å². The molecule has 27 heavy (non-hydrogen) atoms. The maximum Gasteiger partial charge on any atom is 0.322 e. The smallest absolute Gasteiger partial charge is 0.322 e. The van der Waals surface area contributed by atoms with E-state index in [9.17, 15) is 13.6 Å². The predicted octanol–water partition coefficient (Wildman–Crippen LogP) is 4.69. The molecule has 0 unspecified atom stereocenters. The lowest BCUT2D eigenvalue weighted by atomic mass is 10.1. The molecule has 0 aliphatic rings. The fourth-order valence-electron chi connectivity index (χ4n) is 2.31. The van der Waals surface area contributed by atoms with Crippen LogP contribution in [0.15, 0.2) is 51.8 Å². The van der Waals surface area contributed by atoms with Crippen molar-refractivity contribution in [2.75, 3.05) is 5.32 Å². The fraction of sp³-hybridized carbons (Fsp3) is 0.211. The van der Waals surface area contributed by atoms with Gasteiger partial charge in [-0.1, -0.05) is 31.1 Å². The zero-order chi connectivity index (χ0) is 19.4. The first-order valence-electron chi connectivity index (χ1n) is 8.25. The highest BCUT2D eigenvalue weighted by Crippen LogP contribution is 2.23. The van der Waals surface area contributed by atoms with Gasteiger partial charge in [0.15, 0.2) is 11.6 Å². The maximum absolute atomic E-state index is 13.2. The van der Waals surface area contributed by atoms with Crippen molar-refractivity contribution in [2.24, 2.45) is 0 Å². The molecule has 0 fully saturated rings. The summed E-state index contributed by atoms with van der Waals surface area (Å²) < 4.78 is 31.6. The van der Waals surface area contributed by atoms with Crippen LogP contribution in [0.5, 0.6) is 0 Å². The molecule has 1 heterocycles. The first-order valence-corrected chi connectivity index (χ1v) is 9.13. The number of halogens is 2. The molecule has 5 nitrogen and oxygen atoms in total. The topological polar surface area (TPSA) is 68.0 Å². The number of carbonyl (C=O) groups is 1. The van der Waals surface area contributed by atoms with Crippen LogP contribution >= 0.6 is 11.8 Å². The number of aromatic nitrogens is 2. The first-order chi connectivity index (χ1) is 12.9. The van der Waals surface area contributed by atoms with E-state index in [1.807, 2.05) is 24.3 Å². The molecular weight excluding hydrogens is 372 g/mol. The standard InChI is InChI=1S/C19H17F2N3O2S/c1-11(2)27-14-6-3-12(4-7-14)9-17-23-24-19(26-17)22-18(25)13-5-8-15(20)16(21)10-13/h3-8,10-11H,9H2,1-2H3,(H,22,24,25). The molecule has 8 heteroatoms. The molecule has 1 N–H and O–H groups in total. The van der Waals surface area contributed by atoms with Crippen molar-refractivity contribution in [3.8, 4) is 0 Å². The van der Waals surface area contributed by atoms with Crippen molar-refractivity contribution < 1.29 is 18.0 Å². The Morgan fingerprint density at radius 1 is 1.11 bits per heavy atom. The highest BCUT2D eigenvalue weighted by molar-refractivity contribution is 7.99. The number of hydrogen-bond acceptors (Lipinski definition) is 5. The first kappa shape index (κ1) is 19.0. The van der Waals surface area contributed by atoms with E-state index in [-0.39, 0.29) is 11.6 Å². The molecule has 140 valence electrons. The van der Waals surface area contributed by atoms with Crippen LogP contribution in [0.4, 0.5) is 14.8 Å². The summed E-state index contributed by atoms with van der Waals surface area (Å²) in [6, 6.07) is 10.8. The molecule has 3 rings (SSSR count). The van der Waals surface area contributed by atoms with Gasteiger partial charge in [0.05, 0.1) is 6.42 Å². The van der Waals surface area contributed by atoms with Gasteiger partial charge in [-0.05, 0) is 35.9 Å². The van der Waals surface area contributed by atoms with E-state index in [2.05, 4.69) is 29.4 Å². The molecule has 0 spiro atoms. The number of carbonyl (C=O) groups excluding carboxylic acids is 1. The second kappa shape index (κ2) is 8.30. The number of benzene rings is 2. The summed E-state index contributed by atoms with van der Waals surface area (Å²) >= 11 is 1.78. The third kappa shape index (κ3) is 5.13. The summed E-state index contributed by atoms with van der Waals surface area (Å²) in [6.45, 7) is 4.26. The lowest BCUT2D eigenvalue weighted by molar-refractivity contribution is 0.102. The summed E-state index contributed by atoms with van der Waals surface area (Å²) in [5.41, 5.74) is 0.942. The molecule has 0 saturated carbocycles. The highest BCUT2D eigenvalue weighted by atomic mass is 32.2. The number of nitrogens with zero attached hydrogens (tertiary/aromatic N) is 2. The lowest BCUT2D eigenvalue weighted by Crippen LogP contribution is -2.12. The molecular formula is C19H17F2N3O2S. The van der Waals surface area contributed by atoms with Crippen molar-refractivity contribution in [2.45, 2.75) is 30.4 Å². The molecule has 0 aliphatic carbocycles. The Labute approximate surface area is 159 Å². The summed E-state index contributed by atoms with van der Waals surface area (Å²) in [4.78, 5) is 13.2. The largest absolute Gasteiger partial charge is 0.407 e. The van der Waals surface area contributed by atoms with Crippen molar-refractivity contribution in [3.63, 3.8) is 0 Å². The van der Waals surface area contributed by atoms with Gasteiger partial charge in [-0.25, -0.2) is 8.78 Å². The average molecular weight is 389 g/mol. The Morgan fingerprint density at radius 2 is 1.85 bits per heavy atom. The predicted molar refractivity (Wildman–Crippen MR) is 98.9 cm³/mol. The SMILES string of the molecule is CC(C)Sc1ccc(Cc2nnc(NC(=O)c3ccc(F)c(F)c3)o2)cc1. The van der Waals surface area contributed by atoms with Gasteiger partial charge in [0.2, 0.25) is 5.89 Å². The molecule has 0 bridgehead atoms. The fourth-order valence-corrected chi connectivity index (χ4v) is 3.15. The van der Waals surface area contributed by atoms with E-state index in [0.29, 0.717) is 17.6 Å². The minimum atomic E-state index is -1.10. The number of anilines is 1. The van der Waals surface area contributed by atoms with Gasteiger partial charge in [-0.15, -0.1) is 16.9 Å². The Balaban J connectivity index is 1.62. The van der Waals surface area contributed by atoms with Crippen LogP contribution in [0.25, 0.3) is 0 Å². The highest BCUT2D eigenvalue weighted by Gasteiger charge is 2.14. The quantitative estimate of drug-likeness (QED) is 0.620. The van der Waals surface area contributed by atoms with Gasteiger partial charge >= 0.3 is 6.01 Å². The summed E-state index contributed by atoms with van der Waals surface area (Å²) in [7, 11) is 0. The molecule has 1 aromatic heterocycles. The van der Waals surface area contributed by atoms with Gasteiger partial charge < -0.3 is 4.42 Å². The van der Waals surface area contributed by atoms with Gasteiger partial charge in [0.25, 0.3) is 5.91 Å². The van der Waals surface area contributed by atoms with Crippen LogP contribution < -0.4 is 5.32 Å². The molecule has 0 aliphatic heterocycles. The number of hydrogen-bond donors (Lipinski definition) is 1. The van der Waals surface area contributed by atoms with Crippen LogP contribution in [0.2, 0.25) is 0 Å². The third-order valence-electron chi connectivity index (χ3n) is 3.52. The maximum atomic E-state index is 13.2. The van der Waals surface area contributed by atoms with Crippen LogP contribution in [0, 0.1) is 11.6 Å². The van der Waals surface area contributed by atoms with Gasteiger partial charge in [-0.2, -0.15) is 0 Å². The average Bonchev–Trinajstić information content (AvgIpc) is 3.05. The summed E-state index contributed by atoms with van der Waals surface area (Å²) in [5.74, 6) is -2.46. The van der Waals surface area contributed by atoms with Gasteiger partial charge in [0, 0.05) is 15.7 Å². The minimum Gasteiger partial charge on any atom is -0.407 e. The molecule has 0 saturated heterocycles. The Morgan fingerprint density at radius 3 is 2.52 bits per heavy atom. The van der Waals surface area contributed by atoms with Crippen molar-refractivity contribution in [1.82, 2.24) is 10.2 Å². The zero-order valence-electron chi connectivity index (χ0n) is 14.7.